The molecule has 0 radical (unpaired) electrons. The number of nitrogens with one attached hydrogen (secondary N) is 1. The number of carbonyl (C=O) groups is 1. The van der Waals surface area contributed by atoms with Crippen molar-refractivity contribution in [2.45, 2.75) is 67.9 Å². The minimum atomic E-state index is -0.466. The number of aromatic nitrogens is 2. The smallest absolute Gasteiger partial charge is 0.412 e. The second kappa shape index (κ2) is 14.8. The maximum atomic E-state index is 11.4. The molecular formula is C27H41N3O2. The lowest BCUT2D eigenvalue weighted by Gasteiger charge is -2.20. The lowest BCUT2D eigenvalue weighted by atomic mass is 10.1. The first-order chi connectivity index (χ1) is 15.2. The number of amides is 1. The summed E-state index contributed by atoms with van der Waals surface area (Å²) in [5.41, 5.74) is 3.80. The Morgan fingerprint density at radius 1 is 0.906 bits per heavy atom. The fourth-order valence-corrected chi connectivity index (χ4v) is 2.58. The molecule has 1 N–H and O–H groups in total. The summed E-state index contributed by atoms with van der Waals surface area (Å²) in [5, 5.41) is 2.71. The molecule has 0 fully saturated rings. The molecule has 0 aliphatic heterocycles. The third-order valence-corrected chi connectivity index (χ3v) is 3.99. The van der Waals surface area contributed by atoms with Crippen LogP contribution in [0.15, 0.2) is 60.9 Å². The van der Waals surface area contributed by atoms with Gasteiger partial charge >= 0.3 is 6.09 Å². The third kappa shape index (κ3) is 10.3. The van der Waals surface area contributed by atoms with Crippen LogP contribution in [0, 0.1) is 13.8 Å². The number of aryl methyl sites for hydroxylation is 3. The highest BCUT2D eigenvalue weighted by Gasteiger charge is 2.16. The topological polar surface area (TPSA) is 56.2 Å². The number of hydrogen-bond acceptors (Lipinski definition) is 3. The molecule has 2 aromatic carbocycles. The van der Waals surface area contributed by atoms with E-state index in [9.17, 15) is 4.79 Å². The van der Waals surface area contributed by atoms with Crippen LogP contribution in [-0.2, 0) is 11.8 Å². The van der Waals surface area contributed by atoms with E-state index < -0.39 is 11.7 Å². The van der Waals surface area contributed by atoms with Gasteiger partial charge in [0.1, 0.15) is 11.4 Å². The molecule has 32 heavy (non-hydrogen) atoms. The number of rotatable bonds is 2. The number of para-hydroxylation sites is 1. The van der Waals surface area contributed by atoms with E-state index in [0.717, 1.165) is 17.1 Å². The second-order valence-corrected chi connectivity index (χ2v) is 7.62. The lowest BCUT2D eigenvalue weighted by Crippen LogP contribution is -2.27. The van der Waals surface area contributed by atoms with Crippen LogP contribution < -0.4 is 5.32 Å². The Morgan fingerprint density at radius 2 is 1.44 bits per heavy atom. The number of benzene rings is 2. The minimum absolute atomic E-state index is 0.420. The van der Waals surface area contributed by atoms with Crippen molar-refractivity contribution in [1.82, 2.24) is 9.55 Å². The predicted molar refractivity (Wildman–Crippen MR) is 137 cm³/mol. The van der Waals surface area contributed by atoms with Crippen LogP contribution in [0.25, 0.3) is 11.4 Å². The first-order valence-corrected chi connectivity index (χ1v) is 11.3. The summed E-state index contributed by atoms with van der Waals surface area (Å²) in [6.07, 6.45) is 3.36. The van der Waals surface area contributed by atoms with Crippen LogP contribution in [0.4, 0.5) is 10.5 Å². The number of hydrogen-bond donors (Lipinski definition) is 1. The molecule has 1 amide bonds. The van der Waals surface area contributed by atoms with Crippen molar-refractivity contribution in [1.29, 1.82) is 0 Å². The molecule has 3 aromatic rings. The molecule has 1 aromatic heterocycles. The van der Waals surface area contributed by atoms with Crippen molar-refractivity contribution >= 4 is 11.8 Å². The van der Waals surface area contributed by atoms with Gasteiger partial charge < -0.3 is 9.30 Å². The Labute approximate surface area is 194 Å². The molecule has 5 heteroatoms. The molecule has 0 atom stereocenters. The van der Waals surface area contributed by atoms with Gasteiger partial charge in [0.15, 0.2) is 0 Å². The number of carbonyl (C=O) groups excluding carboxylic acids is 1. The molecule has 176 valence electrons. The van der Waals surface area contributed by atoms with Gasteiger partial charge in [0.2, 0.25) is 0 Å². The van der Waals surface area contributed by atoms with Gasteiger partial charge in [-0.15, -0.1) is 0 Å². The van der Waals surface area contributed by atoms with Crippen LogP contribution in [-0.4, -0.2) is 21.2 Å². The van der Waals surface area contributed by atoms with E-state index in [1.807, 2.05) is 116 Å². The van der Waals surface area contributed by atoms with Crippen molar-refractivity contribution in [3.63, 3.8) is 0 Å². The van der Waals surface area contributed by atoms with E-state index in [2.05, 4.69) is 29.4 Å². The van der Waals surface area contributed by atoms with Crippen molar-refractivity contribution in [3.8, 4) is 11.4 Å². The zero-order valence-corrected chi connectivity index (χ0v) is 21.5. The molecule has 0 saturated carbocycles. The van der Waals surface area contributed by atoms with Gasteiger partial charge in [0.25, 0.3) is 0 Å². The van der Waals surface area contributed by atoms with Gasteiger partial charge in [-0.05, 0) is 51.8 Å². The average molecular weight is 440 g/mol. The Bertz CT molecular complexity index is 924. The Balaban J connectivity index is 0.000000523. The van der Waals surface area contributed by atoms with E-state index >= 15 is 0 Å². The second-order valence-electron chi connectivity index (χ2n) is 7.62. The number of nitrogens with zero attached hydrogens (tertiary/aromatic N) is 2. The van der Waals surface area contributed by atoms with Crippen LogP contribution in [0.5, 0.6) is 0 Å². The Morgan fingerprint density at radius 3 is 1.91 bits per heavy atom. The highest BCUT2D eigenvalue weighted by atomic mass is 16.6. The summed E-state index contributed by atoms with van der Waals surface area (Å²) in [7, 11) is 2.01. The molecule has 0 bridgehead atoms. The zero-order chi connectivity index (χ0) is 24.7. The molecule has 3 rings (SSSR count). The first kappa shape index (κ1) is 28.9. The molecule has 0 aliphatic rings. The van der Waals surface area contributed by atoms with E-state index in [1.165, 1.54) is 11.1 Å². The molecule has 0 saturated heterocycles. The standard InChI is InChI=1S/C12H17NO2.C11H12N2.2C2H6/c1-9-7-5-6-8-10(9)13-11(14)15-12(2,3)4;1-9-5-3-4-6-10(9)11-12-7-8-13(11)2;2*1-2/h5-8H,1-4H3,(H,13,14);3-8H,1-2H3;2*1-2H3. The van der Waals surface area contributed by atoms with Crippen LogP contribution in [0.3, 0.4) is 0 Å². The maximum Gasteiger partial charge on any atom is 0.412 e. The van der Waals surface area contributed by atoms with Crippen molar-refractivity contribution in [2.75, 3.05) is 5.32 Å². The van der Waals surface area contributed by atoms with Crippen molar-refractivity contribution in [2.24, 2.45) is 7.05 Å². The minimum Gasteiger partial charge on any atom is -0.444 e. The van der Waals surface area contributed by atoms with Gasteiger partial charge in [0, 0.05) is 30.7 Å². The normalized spacial score (nSPS) is 9.69. The van der Waals surface area contributed by atoms with E-state index in [-0.39, 0.29) is 0 Å². The molecule has 0 spiro atoms. The van der Waals surface area contributed by atoms with Gasteiger partial charge in [-0.25, -0.2) is 9.78 Å². The SMILES string of the molecule is CC.CC.Cc1ccccc1-c1nccn1C.Cc1ccccc1NC(=O)OC(C)(C)C. The van der Waals surface area contributed by atoms with Crippen LogP contribution in [0.1, 0.15) is 59.6 Å². The fraction of sp³-hybridized carbons (Fsp3) is 0.407. The third-order valence-electron chi connectivity index (χ3n) is 3.99. The highest BCUT2D eigenvalue weighted by Crippen LogP contribution is 2.20. The Kier molecular flexibility index (Phi) is 13.4. The average Bonchev–Trinajstić information content (AvgIpc) is 3.18. The summed E-state index contributed by atoms with van der Waals surface area (Å²) >= 11 is 0. The van der Waals surface area contributed by atoms with Crippen molar-refractivity contribution in [3.05, 3.63) is 72.1 Å². The molecular weight excluding hydrogens is 398 g/mol. The van der Waals surface area contributed by atoms with Gasteiger partial charge in [-0.3, -0.25) is 5.32 Å². The van der Waals surface area contributed by atoms with Gasteiger partial charge in [-0.1, -0.05) is 70.2 Å². The zero-order valence-electron chi connectivity index (χ0n) is 21.5. The molecule has 0 unspecified atom stereocenters. The van der Waals surface area contributed by atoms with E-state index in [0.29, 0.717) is 0 Å². The monoisotopic (exact) mass is 439 g/mol. The molecule has 0 aliphatic carbocycles. The number of ether oxygens (including phenoxy) is 1. The molecule has 1 heterocycles. The van der Waals surface area contributed by atoms with Crippen LogP contribution in [0.2, 0.25) is 0 Å². The van der Waals surface area contributed by atoms with E-state index in [1.54, 1.807) is 0 Å². The fourth-order valence-electron chi connectivity index (χ4n) is 2.58. The summed E-state index contributed by atoms with van der Waals surface area (Å²) in [6.45, 7) is 17.6. The largest absolute Gasteiger partial charge is 0.444 e. The highest BCUT2D eigenvalue weighted by molar-refractivity contribution is 5.85. The van der Waals surface area contributed by atoms with Gasteiger partial charge in [-0.2, -0.15) is 0 Å². The quantitative estimate of drug-likeness (QED) is 0.443. The number of anilines is 1. The van der Waals surface area contributed by atoms with Gasteiger partial charge in [0.05, 0.1) is 0 Å². The summed E-state index contributed by atoms with van der Waals surface area (Å²) in [4.78, 5) is 15.8. The predicted octanol–water partition coefficient (Wildman–Crippen LogP) is 7.79. The summed E-state index contributed by atoms with van der Waals surface area (Å²) in [5.74, 6) is 1.03. The number of imidazole rings is 1. The summed E-state index contributed by atoms with van der Waals surface area (Å²) in [6, 6.07) is 15.9. The van der Waals surface area contributed by atoms with Crippen LogP contribution >= 0.6 is 0 Å². The van der Waals surface area contributed by atoms with E-state index in [4.69, 9.17) is 4.74 Å². The van der Waals surface area contributed by atoms with Crippen molar-refractivity contribution < 1.29 is 9.53 Å². The summed E-state index contributed by atoms with van der Waals surface area (Å²) < 4.78 is 7.18. The maximum absolute atomic E-state index is 11.4. The first-order valence-electron chi connectivity index (χ1n) is 11.3. The Hall–Kier alpha value is -3.08. The molecule has 5 nitrogen and oxygen atoms in total. The lowest BCUT2D eigenvalue weighted by molar-refractivity contribution is 0.0636.